The van der Waals surface area contributed by atoms with Crippen LogP contribution in [0.2, 0.25) is 0 Å². The highest BCUT2D eigenvalue weighted by atomic mass is 19.1. The van der Waals surface area contributed by atoms with Crippen molar-refractivity contribution in [2.75, 3.05) is 26.2 Å². The molecule has 2 aromatic carbocycles. The van der Waals surface area contributed by atoms with Crippen LogP contribution in [-0.4, -0.2) is 57.7 Å². The Bertz CT molecular complexity index is 1010. The molecule has 3 heterocycles. The van der Waals surface area contributed by atoms with E-state index in [2.05, 4.69) is 10.00 Å². The lowest BCUT2D eigenvalue weighted by atomic mass is 10.2. The molecule has 28 heavy (non-hydrogen) atoms. The SMILES string of the molecule is O=C(c1ccc(-n2cc3ccc(F)cc3n2)cc1)N1CC[C@H](N2CCCC2)C1. The summed E-state index contributed by atoms with van der Waals surface area (Å²) in [6.07, 6.45) is 5.49. The molecule has 2 aliphatic rings. The number of likely N-dealkylation sites (tertiary alicyclic amines) is 2. The van der Waals surface area contributed by atoms with E-state index < -0.39 is 0 Å². The average molecular weight is 378 g/mol. The summed E-state index contributed by atoms with van der Waals surface area (Å²) in [6.45, 7) is 4.00. The Kier molecular flexibility index (Phi) is 4.36. The molecule has 0 aliphatic carbocycles. The minimum Gasteiger partial charge on any atom is -0.337 e. The molecule has 0 radical (unpaired) electrons. The molecule has 1 amide bonds. The third-order valence-electron chi connectivity index (χ3n) is 5.96. The fraction of sp³-hybridized carbons (Fsp3) is 0.364. The number of benzene rings is 2. The molecule has 1 atom stereocenters. The molecule has 5 nitrogen and oxygen atoms in total. The summed E-state index contributed by atoms with van der Waals surface area (Å²) in [5.74, 6) is -0.197. The minimum atomic E-state index is -0.295. The monoisotopic (exact) mass is 378 g/mol. The number of rotatable bonds is 3. The van der Waals surface area contributed by atoms with E-state index >= 15 is 0 Å². The summed E-state index contributed by atoms with van der Waals surface area (Å²) < 4.78 is 15.1. The van der Waals surface area contributed by atoms with Crippen molar-refractivity contribution in [1.82, 2.24) is 19.6 Å². The topological polar surface area (TPSA) is 41.4 Å². The molecule has 0 bridgehead atoms. The van der Waals surface area contributed by atoms with E-state index in [1.165, 1.54) is 38.1 Å². The van der Waals surface area contributed by atoms with E-state index in [9.17, 15) is 9.18 Å². The van der Waals surface area contributed by atoms with Gasteiger partial charge in [0.1, 0.15) is 5.82 Å². The second-order valence-corrected chi connectivity index (χ2v) is 7.76. The molecule has 0 N–H and O–H groups in total. The van der Waals surface area contributed by atoms with Crippen molar-refractivity contribution in [2.24, 2.45) is 0 Å². The van der Waals surface area contributed by atoms with Crippen molar-refractivity contribution in [3.05, 3.63) is 60.0 Å². The molecule has 6 heteroatoms. The van der Waals surface area contributed by atoms with Crippen molar-refractivity contribution in [3.63, 3.8) is 0 Å². The summed E-state index contributed by atoms with van der Waals surface area (Å²) in [5.41, 5.74) is 2.17. The van der Waals surface area contributed by atoms with Crippen LogP contribution in [0.25, 0.3) is 16.6 Å². The summed E-state index contributed by atoms with van der Waals surface area (Å²) in [4.78, 5) is 17.4. The zero-order valence-electron chi connectivity index (χ0n) is 15.7. The zero-order valence-corrected chi connectivity index (χ0v) is 15.7. The third kappa shape index (κ3) is 3.18. The van der Waals surface area contributed by atoms with Gasteiger partial charge in [-0.25, -0.2) is 9.07 Å². The van der Waals surface area contributed by atoms with E-state index in [0.717, 1.165) is 30.6 Å². The minimum absolute atomic E-state index is 0.0981. The number of nitrogens with zero attached hydrogens (tertiary/aromatic N) is 4. The van der Waals surface area contributed by atoms with Gasteiger partial charge < -0.3 is 4.90 Å². The molecule has 1 aromatic heterocycles. The number of fused-ring (bicyclic) bond motifs is 1. The van der Waals surface area contributed by atoms with E-state index in [0.29, 0.717) is 17.1 Å². The fourth-order valence-electron chi connectivity index (χ4n) is 4.39. The molecule has 144 valence electrons. The highest BCUT2D eigenvalue weighted by molar-refractivity contribution is 5.94. The Hall–Kier alpha value is -2.73. The maximum absolute atomic E-state index is 13.4. The Labute approximate surface area is 163 Å². The highest BCUT2D eigenvalue weighted by Crippen LogP contribution is 2.23. The average Bonchev–Trinajstić information content (AvgIpc) is 3.46. The lowest BCUT2D eigenvalue weighted by Gasteiger charge is -2.23. The molecule has 3 aromatic rings. The Morgan fingerprint density at radius 3 is 2.61 bits per heavy atom. The second-order valence-electron chi connectivity index (χ2n) is 7.76. The van der Waals surface area contributed by atoms with Gasteiger partial charge in [0.2, 0.25) is 0 Å². The van der Waals surface area contributed by atoms with Crippen molar-refractivity contribution >= 4 is 16.8 Å². The van der Waals surface area contributed by atoms with Crippen molar-refractivity contribution in [2.45, 2.75) is 25.3 Å². The van der Waals surface area contributed by atoms with Gasteiger partial charge in [0, 0.05) is 42.3 Å². The molecule has 0 unspecified atom stereocenters. The number of aromatic nitrogens is 2. The van der Waals surface area contributed by atoms with Gasteiger partial charge in [0.15, 0.2) is 0 Å². The van der Waals surface area contributed by atoms with Gasteiger partial charge in [0.05, 0.1) is 11.2 Å². The first kappa shape index (κ1) is 17.4. The summed E-state index contributed by atoms with van der Waals surface area (Å²) in [7, 11) is 0. The van der Waals surface area contributed by atoms with Crippen LogP contribution in [-0.2, 0) is 0 Å². The van der Waals surface area contributed by atoms with E-state index in [-0.39, 0.29) is 11.7 Å². The van der Waals surface area contributed by atoms with Gasteiger partial charge in [0.25, 0.3) is 5.91 Å². The standard InChI is InChI=1S/C22H23FN4O/c23-18-6-3-17-14-27(24-21(17)13-18)19-7-4-16(5-8-19)22(28)26-12-9-20(15-26)25-10-1-2-11-25/h3-8,13-14,20H,1-2,9-12,15H2/t20-/m0/s1. The quantitative estimate of drug-likeness (QED) is 0.701. The first-order valence-electron chi connectivity index (χ1n) is 9.96. The smallest absolute Gasteiger partial charge is 0.253 e. The molecule has 2 fully saturated rings. The number of amides is 1. The number of hydrogen-bond acceptors (Lipinski definition) is 3. The van der Waals surface area contributed by atoms with Gasteiger partial charge in [-0.05, 0) is 68.8 Å². The van der Waals surface area contributed by atoms with Crippen LogP contribution < -0.4 is 0 Å². The van der Waals surface area contributed by atoms with Gasteiger partial charge in [-0.2, -0.15) is 5.10 Å². The largest absolute Gasteiger partial charge is 0.337 e. The maximum Gasteiger partial charge on any atom is 0.253 e. The molecule has 2 saturated heterocycles. The van der Waals surface area contributed by atoms with Crippen LogP contribution in [0.5, 0.6) is 0 Å². The van der Waals surface area contributed by atoms with Gasteiger partial charge in [-0.3, -0.25) is 9.69 Å². The molecule has 2 aliphatic heterocycles. The van der Waals surface area contributed by atoms with Crippen LogP contribution in [0.3, 0.4) is 0 Å². The summed E-state index contributed by atoms with van der Waals surface area (Å²) >= 11 is 0. The van der Waals surface area contributed by atoms with Crippen LogP contribution in [0.4, 0.5) is 4.39 Å². The molecule has 0 saturated carbocycles. The van der Waals surface area contributed by atoms with Crippen LogP contribution >= 0.6 is 0 Å². The Morgan fingerprint density at radius 2 is 1.82 bits per heavy atom. The van der Waals surface area contributed by atoms with Gasteiger partial charge >= 0.3 is 0 Å². The number of halogens is 1. The van der Waals surface area contributed by atoms with Crippen molar-refractivity contribution in [1.29, 1.82) is 0 Å². The van der Waals surface area contributed by atoms with Crippen molar-refractivity contribution in [3.8, 4) is 5.69 Å². The third-order valence-corrected chi connectivity index (χ3v) is 5.96. The Morgan fingerprint density at radius 1 is 1.04 bits per heavy atom. The first-order chi connectivity index (χ1) is 13.7. The summed E-state index contributed by atoms with van der Waals surface area (Å²) in [5, 5.41) is 5.31. The molecular weight excluding hydrogens is 355 g/mol. The van der Waals surface area contributed by atoms with Gasteiger partial charge in [-0.15, -0.1) is 0 Å². The predicted molar refractivity (Wildman–Crippen MR) is 106 cm³/mol. The first-order valence-corrected chi connectivity index (χ1v) is 9.96. The second kappa shape index (κ2) is 7.02. The highest BCUT2D eigenvalue weighted by Gasteiger charge is 2.31. The van der Waals surface area contributed by atoms with Crippen molar-refractivity contribution < 1.29 is 9.18 Å². The molecular formula is C22H23FN4O. The van der Waals surface area contributed by atoms with E-state index in [4.69, 9.17) is 0 Å². The van der Waals surface area contributed by atoms with E-state index in [1.54, 1.807) is 10.7 Å². The summed E-state index contributed by atoms with van der Waals surface area (Å²) in [6, 6.07) is 12.6. The maximum atomic E-state index is 13.4. The Balaban J connectivity index is 1.31. The fourth-order valence-corrected chi connectivity index (χ4v) is 4.39. The number of carbonyl (C=O) groups is 1. The lowest BCUT2D eigenvalue weighted by Crippen LogP contribution is -2.37. The van der Waals surface area contributed by atoms with Gasteiger partial charge in [-0.1, -0.05) is 0 Å². The van der Waals surface area contributed by atoms with E-state index in [1.807, 2.05) is 35.4 Å². The lowest BCUT2D eigenvalue weighted by molar-refractivity contribution is 0.0780. The van der Waals surface area contributed by atoms with Crippen LogP contribution in [0.15, 0.2) is 48.7 Å². The normalized spacial score (nSPS) is 20.3. The van der Waals surface area contributed by atoms with Crippen LogP contribution in [0.1, 0.15) is 29.6 Å². The number of hydrogen-bond donors (Lipinski definition) is 0. The van der Waals surface area contributed by atoms with Crippen LogP contribution in [0, 0.1) is 5.82 Å². The number of carbonyl (C=O) groups excluding carboxylic acids is 1. The molecule has 5 rings (SSSR count). The predicted octanol–water partition coefficient (Wildman–Crippen LogP) is 3.47. The zero-order chi connectivity index (χ0) is 19.1. The molecule has 0 spiro atoms.